The number of hydrogen-bond acceptors (Lipinski definition) is 3. The summed E-state index contributed by atoms with van der Waals surface area (Å²) >= 11 is 0. The molecule has 0 amide bonds. The molecule has 0 radical (unpaired) electrons. The van der Waals surface area contributed by atoms with E-state index in [2.05, 4.69) is 0 Å². The van der Waals surface area contributed by atoms with E-state index in [4.69, 9.17) is 9.84 Å². The van der Waals surface area contributed by atoms with E-state index < -0.39 is 11.9 Å². The minimum atomic E-state index is -0.970. The molecule has 1 rings (SSSR count). The first kappa shape index (κ1) is 11.3. The number of carboxylic acids is 1. The van der Waals surface area contributed by atoms with Crippen molar-refractivity contribution in [2.75, 3.05) is 6.61 Å². The van der Waals surface area contributed by atoms with Gasteiger partial charge in [0.2, 0.25) is 0 Å². The van der Waals surface area contributed by atoms with E-state index in [0.29, 0.717) is 11.3 Å². The number of carbonyl (C=O) groups is 2. The zero-order valence-electron chi connectivity index (χ0n) is 8.69. The predicted molar refractivity (Wildman–Crippen MR) is 52.7 cm³/mol. The van der Waals surface area contributed by atoms with Crippen molar-refractivity contribution in [1.29, 1.82) is 0 Å². The Morgan fingerprint density at radius 2 is 2.20 bits per heavy atom. The van der Waals surface area contributed by atoms with Gasteiger partial charge in [-0.25, -0.2) is 4.79 Å². The highest BCUT2D eigenvalue weighted by Crippen LogP contribution is 2.12. The molecule has 0 aromatic carbocycles. The van der Waals surface area contributed by atoms with Crippen molar-refractivity contribution in [1.82, 2.24) is 4.57 Å². The minimum Gasteiger partial charge on any atom is -0.481 e. The van der Waals surface area contributed by atoms with Gasteiger partial charge in [0.05, 0.1) is 18.6 Å². The van der Waals surface area contributed by atoms with Crippen LogP contribution in [0.4, 0.5) is 0 Å². The van der Waals surface area contributed by atoms with Gasteiger partial charge in [-0.3, -0.25) is 4.79 Å². The first-order valence-electron chi connectivity index (χ1n) is 4.59. The second-order valence-electron chi connectivity index (χ2n) is 3.08. The number of aliphatic carboxylic acids is 1. The van der Waals surface area contributed by atoms with Gasteiger partial charge in [-0.2, -0.15) is 0 Å². The van der Waals surface area contributed by atoms with Gasteiger partial charge in [-0.05, 0) is 13.0 Å². The van der Waals surface area contributed by atoms with E-state index in [9.17, 15) is 9.59 Å². The van der Waals surface area contributed by atoms with E-state index in [0.717, 1.165) is 0 Å². The maximum atomic E-state index is 11.4. The van der Waals surface area contributed by atoms with E-state index in [1.807, 2.05) is 0 Å². The summed E-state index contributed by atoms with van der Waals surface area (Å²) in [6.45, 7) is 1.98. The van der Waals surface area contributed by atoms with Gasteiger partial charge in [0.15, 0.2) is 0 Å². The number of aryl methyl sites for hydroxylation is 1. The number of esters is 1. The van der Waals surface area contributed by atoms with Crippen LogP contribution in [-0.4, -0.2) is 28.2 Å². The molecule has 0 aliphatic rings. The van der Waals surface area contributed by atoms with Crippen LogP contribution in [0.3, 0.4) is 0 Å². The molecule has 5 heteroatoms. The van der Waals surface area contributed by atoms with Gasteiger partial charge < -0.3 is 14.4 Å². The standard InChI is InChI=1S/C10H13NO4/c1-3-15-10(14)7-4-5-11(2)8(7)6-9(12)13/h4-5H,3,6H2,1-2H3,(H,12,13). The van der Waals surface area contributed by atoms with Crippen molar-refractivity contribution >= 4 is 11.9 Å². The second kappa shape index (κ2) is 4.63. The smallest absolute Gasteiger partial charge is 0.339 e. The van der Waals surface area contributed by atoms with Crippen LogP contribution in [0.2, 0.25) is 0 Å². The fraction of sp³-hybridized carbons (Fsp3) is 0.400. The summed E-state index contributed by atoms with van der Waals surface area (Å²) in [7, 11) is 1.70. The van der Waals surface area contributed by atoms with Crippen molar-refractivity contribution in [3.63, 3.8) is 0 Å². The van der Waals surface area contributed by atoms with Gasteiger partial charge in [0.1, 0.15) is 0 Å². The van der Waals surface area contributed by atoms with Crippen LogP contribution in [0.1, 0.15) is 23.0 Å². The van der Waals surface area contributed by atoms with Gasteiger partial charge in [0.25, 0.3) is 0 Å². The summed E-state index contributed by atoms with van der Waals surface area (Å²) in [6, 6.07) is 1.57. The third-order valence-corrected chi connectivity index (χ3v) is 2.02. The molecule has 15 heavy (non-hydrogen) atoms. The third kappa shape index (κ3) is 2.59. The fourth-order valence-electron chi connectivity index (χ4n) is 1.32. The van der Waals surface area contributed by atoms with Crippen molar-refractivity contribution in [3.8, 4) is 0 Å². The summed E-state index contributed by atoms with van der Waals surface area (Å²) < 4.78 is 6.43. The first-order valence-corrected chi connectivity index (χ1v) is 4.59. The number of rotatable bonds is 4. The highest BCUT2D eigenvalue weighted by atomic mass is 16.5. The maximum absolute atomic E-state index is 11.4. The molecular weight excluding hydrogens is 198 g/mol. The Balaban J connectivity index is 2.97. The number of nitrogens with zero attached hydrogens (tertiary/aromatic N) is 1. The number of aromatic nitrogens is 1. The number of hydrogen-bond donors (Lipinski definition) is 1. The van der Waals surface area contributed by atoms with Crippen molar-refractivity contribution in [3.05, 3.63) is 23.5 Å². The van der Waals surface area contributed by atoms with Crippen molar-refractivity contribution in [2.45, 2.75) is 13.3 Å². The molecule has 0 fully saturated rings. The topological polar surface area (TPSA) is 68.5 Å². The molecule has 0 saturated heterocycles. The fourth-order valence-corrected chi connectivity index (χ4v) is 1.32. The second-order valence-corrected chi connectivity index (χ2v) is 3.08. The molecule has 1 aromatic heterocycles. The van der Waals surface area contributed by atoms with Crippen LogP contribution in [0, 0.1) is 0 Å². The number of carbonyl (C=O) groups excluding carboxylic acids is 1. The molecule has 1 heterocycles. The van der Waals surface area contributed by atoms with Crippen LogP contribution < -0.4 is 0 Å². The van der Waals surface area contributed by atoms with E-state index in [1.165, 1.54) is 0 Å². The molecule has 5 nitrogen and oxygen atoms in total. The first-order chi connectivity index (χ1) is 7.06. The zero-order chi connectivity index (χ0) is 11.4. The normalized spacial score (nSPS) is 10.0. The monoisotopic (exact) mass is 211 g/mol. The molecule has 82 valence electrons. The molecule has 1 N–H and O–H groups in total. The van der Waals surface area contributed by atoms with E-state index in [-0.39, 0.29) is 13.0 Å². The predicted octanol–water partition coefficient (Wildman–Crippen LogP) is 0.829. The van der Waals surface area contributed by atoms with Crippen LogP contribution in [0.15, 0.2) is 12.3 Å². The average molecular weight is 211 g/mol. The third-order valence-electron chi connectivity index (χ3n) is 2.02. The lowest BCUT2D eigenvalue weighted by atomic mass is 10.2. The Morgan fingerprint density at radius 1 is 1.53 bits per heavy atom. The van der Waals surface area contributed by atoms with Crippen molar-refractivity contribution < 1.29 is 19.4 Å². The zero-order valence-corrected chi connectivity index (χ0v) is 8.69. The Hall–Kier alpha value is -1.78. The largest absolute Gasteiger partial charge is 0.481 e. The molecular formula is C10H13NO4. The number of ether oxygens (including phenoxy) is 1. The summed E-state index contributed by atoms with van der Waals surface area (Å²) in [5.41, 5.74) is 0.780. The van der Waals surface area contributed by atoms with Crippen LogP contribution in [0.25, 0.3) is 0 Å². The summed E-state index contributed by atoms with van der Waals surface area (Å²) in [6.07, 6.45) is 1.46. The number of carboxylic acid groups (broad SMARTS) is 1. The van der Waals surface area contributed by atoms with Gasteiger partial charge >= 0.3 is 11.9 Å². The Morgan fingerprint density at radius 3 is 2.73 bits per heavy atom. The quantitative estimate of drug-likeness (QED) is 0.749. The highest BCUT2D eigenvalue weighted by molar-refractivity contribution is 5.92. The van der Waals surface area contributed by atoms with E-state index >= 15 is 0 Å². The molecule has 0 aliphatic heterocycles. The minimum absolute atomic E-state index is 0.183. The maximum Gasteiger partial charge on any atom is 0.339 e. The molecule has 0 bridgehead atoms. The Bertz CT molecular complexity index is 381. The van der Waals surface area contributed by atoms with Gasteiger partial charge in [-0.15, -0.1) is 0 Å². The molecule has 0 aliphatic carbocycles. The van der Waals surface area contributed by atoms with Gasteiger partial charge in [-0.1, -0.05) is 0 Å². The van der Waals surface area contributed by atoms with Gasteiger partial charge in [0, 0.05) is 18.9 Å². The summed E-state index contributed by atoms with van der Waals surface area (Å²) in [5.74, 6) is -1.45. The average Bonchev–Trinajstić information content (AvgIpc) is 2.48. The SMILES string of the molecule is CCOC(=O)c1ccn(C)c1CC(=O)O. The van der Waals surface area contributed by atoms with E-state index in [1.54, 1.807) is 30.8 Å². The summed E-state index contributed by atoms with van der Waals surface area (Å²) in [4.78, 5) is 22.0. The highest BCUT2D eigenvalue weighted by Gasteiger charge is 2.17. The molecule has 1 aromatic rings. The lowest BCUT2D eigenvalue weighted by Gasteiger charge is -2.04. The molecule has 0 unspecified atom stereocenters. The molecule has 0 saturated carbocycles. The summed E-state index contributed by atoms with van der Waals surface area (Å²) in [5, 5.41) is 8.68. The lowest BCUT2D eigenvalue weighted by molar-refractivity contribution is -0.136. The Labute approximate surface area is 87.3 Å². The molecule has 0 atom stereocenters. The van der Waals surface area contributed by atoms with Crippen LogP contribution in [-0.2, 0) is 23.0 Å². The van der Waals surface area contributed by atoms with Crippen molar-refractivity contribution in [2.24, 2.45) is 7.05 Å². The lowest BCUT2D eigenvalue weighted by Crippen LogP contribution is -2.12. The van der Waals surface area contributed by atoms with Crippen LogP contribution in [0.5, 0.6) is 0 Å². The molecule has 0 spiro atoms. The Kier molecular flexibility index (Phi) is 3.49. The van der Waals surface area contributed by atoms with Crippen LogP contribution >= 0.6 is 0 Å².